The highest BCUT2D eigenvalue weighted by atomic mass is 32.2. The summed E-state index contributed by atoms with van der Waals surface area (Å²) in [6, 6.07) is 16.3. The first kappa shape index (κ1) is 29.2. The van der Waals surface area contributed by atoms with E-state index in [9.17, 15) is 18.0 Å². The van der Waals surface area contributed by atoms with Crippen molar-refractivity contribution in [3.05, 3.63) is 71.3 Å². The van der Waals surface area contributed by atoms with Crippen LogP contribution < -0.4 is 0 Å². The van der Waals surface area contributed by atoms with Crippen molar-refractivity contribution in [2.45, 2.75) is 37.5 Å². The zero-order chi connectivity index (χ0) is 29.1. The van der Waals surface area contributed by atoms with Gasteiger partial charge in [0.1, 0.15) is 10.0 Å². The van der Waals surface area contributed by atoms with E-state index in [4.69, 9.17) is 22.4 Å². The van der Waals surface area contributed by atoms with Crippen LogP contribution in [-0.4, -0.2) is 68.3 Å². The van der Waals surface area contributed by atoms with Gasteiger partial charge in [0.25, 0.3) is 5.91 Å². The number of hydrogen-bond acceptors (Lipinski definition) is 7. The van der Waals surface area contributed by atoms with Crippen molar-refractivity contribution in [1.29, 1.82) is 0 Å². The lowest BCUT2D eigenvalue weighted by Gasteiger charge is -2.29. The minimum absolute atomic E-state index is 0.0557. The summed E-state index contributed by atoms with van der Waals surface area (Å²) < 4.78 is 30.6. The molecule has 2 aliphatic rings. The maximum absolute atomic E-state index is 13.5. The van der Waals surface area contributed by atoms with E-state index in [1.807, 2.05) is 36.4 Å². The van der Waals surface area contributed by atoms with Crippen molar-refractivity contribution in [2.75, 3.05) is 19.6 Å². The maximum Gasteiger partial charge on any atom is 0.303 e. The third-order valence-corrected chi connectivity index (χ3v) is 10.5. The maximum atomic E-state index is 13.5. The van der Waals surface area contributed by atoms with Crippen LogP contribution in [0.3, 0.4) is 0 Å². The number of carboxylic acid groups (broad SMARTS) is 1. The van der Waals surface area contributed by atoms with Gasteiger partial charge in [0.05, 0.1) is 15.5 Å². The Morgan fingerprint density at radius 3 is 2.59 bits per heavy atom. The molecule has 5 rings (SSSR count). The van der Waals surface area contributed by atoms with E-state index in [0.29, 0.717) is 51.5 Å². The summed E-state index contributed by atoms with van der Waals surface area (Å²) in [5.41, 5.74) is 2.56. The van der Waals surface area contributed by atoms with E-state index >= 15 is 0 Å². The molecule has 2 aliphatic heterocycles. The monoisotopic (exact) mass is 610 g/mol. The van der Waals surface area contributed by atoms with Crippen LogP contribution in [0.1, 0.15) is 38.2 Å². The van der Waals surface area contributed by atoms with E-state index in [-0.39, 0.29) is 23.8 Å². The third kappa shape index (κ3) is 6.45. The summed E-state index contributed by atoms with van der Waals surface area (Å²) in [5, 5.41) is 13.8. The Hall–Kier alpha value is -3.32. The molecule has 1 aromatic heterocycles. The van der Waals surface area contributed by atoms with Crippen LogP contribution in [0.2, 0.25) is 0 Å². The average molecular weight is 611 g/mol. The van der Waals surface area contributed by atoms with Gasteiger partial charge in [-0.2, -0.15) is 9.40 Å². The molecule has 0 saturated carbocycles. The second-order valence-corrected chi connectivity index (χ2v) is 13.8. The molecule has 3 heterocycles. The predicted octanol–water partition coefficient (Wildman–Crippen LogP) is 5.03. The number of aromatic nitrogens is 2. The second-order valence-electron chi connectivity index (χ2n) is 10.2. The molecule has 214 valence electrons. The first-order chi connectivity index (χ1) is 19.6. The largest absolute Gasteiger partial charge is 0.481 e. The number of thioether (sulfide) groups is 1. The molecular formula is C29H30N4O5S3. The highest BCUT2D eigenvalue weighted by molar-refractivity contribution is 8.26. The van der Waals surface area contributed by atoms with E-state index < -0.39 is 16.0 Å². The molecule has 1 amide bonds. The number of para-hydroxylation sites is 1. The zero-order valence-corrected chi connectivity index (χ0v) is 24.9. The number of amides is 1. The lowest BCUT2D eigenvalue weighted by molar-refractivity contribution is -0.137. The summed E-state index contributed by atoms with van der Waals surface area (Å²) in [7, 11) is -3.68. The van der Waals surface area contributed by atoms with Gasteiger partial charge in [-0.25, -0.2) is 13.1 Å². The number of carbonyl (C=O) groups is 2. The van der Waals surface area contributed by atoms with Crippen LogP contribution in [-0.2, 0) is 19.6 Å². The van der Waals surface area contributed by atoms with E-state index in [2.05, 4.69) is 6.92 Å². The summed E-state index contributed by atoms with van der Waals surface area (Å²) in [6.45, 7) is 3.35. The molecule has 2 saturated heterocycles. The fourth-order valence-electron chi connectivity index (χ4n) is 4.83. The lowest BCUT2D eigenvalue weighted by Crippen LogP contribution is -2.37. The Labute approximate surface area is 248 Å². The molecule has 9 nitrogen and oxygen atoms in total. The molecular weight excluding hydrogens is 581 g/mol. The Kier molecular flexibility index (Phi) is 8.74. The van der Waals surface area contributed by atoms with Gasteiger partial charge in [0, 0.05) is 43.4 Å². The SMILES string of the molecule is CC1CCN(S(=O)(=O)c2cccc(-c3nn(-c4ccccc4)cc3/C=C3\SC(=S)N(CCCC(=O)O)C3=O)c2)CC1. The number of sulfonamides is 1. The number of hydrogen-bond donors (Lipinski definition) is 1. The molecule has 3 aromatic rings. The predicted molar refractivity (Wildman–Crippen MR) is 163 cm³/mol. The molecule has 2 aromatic carbocycles. The summed E-state index contributed by atoms with van der Waals surface area (Å²) >= 11 is 6.57. The van der Waals surface area contributed by atoms with E-state index in [0.717, 1.165) is 30.3 Å². The summed E-state index contributed by atoms with van der Waals surface area (Å²) in [4.78, 5) is 26.1. The van der Waals surface area contributed by atoms with Gasteiger partial charge >= 0.3 is 5.97 Å². The second kappa shape index (κ2) is 12.3. The molecule has 0 unspecified atom stereocenters. The van der Waals surface area contributed by atoms with Crippen LogP contribution in [0.4, 0.5) is 0 Å². The van der Waals surface area contributed by atoms with Crippen molar-refractivity contribution < 1.29 is 23.1 Å². The van der Waals surface area contributed by atoms with Gasteiger partial charge in [-0.05, 0) is 55.5 Å². The molecule has 0 atom stereocenters. The number of benzene rings is 2. The Morgan fingerprint density at radius 1 is 1.15 bits per heavy atom. The lowest BCUT2D eigenvalue weighted by atomic mass is 10.0. The van der Waals surface area contributed by atoms with Crippen molar-refractivity contribution in [2.24, 2.45) is 5.92 Å². The summed E-state index contributed by atoms with van der Waals surface area (Å²) in [5.74, 6) is -0.718. The number of thiocarbonyl (C=S) groups is 1. The van der Waals surface area contributed by atoms with Crippen molar-refractivity contribution in [3.63, 3.8) is 0 Å². The molecule has 1 N–H and O–H groups in total. The zero-order valence-electron chi connectivity index (χ0n) is 22.5. The minimum atomic E-state index is -3.68. The fraction of sp³-hybridized carbons (Fsp3) is 0.310. The number of aliphatic carboxylic acids is 1. The van der Waals surface area contributed by atoms with Gasteiger partial charge in [0.2, 0.25) is 10.0 Å². The van der Waals surface area contributed by atoms with Crippen molar-refractivity contribution in [3.8, 4) is 16.9 Å². The molecule has 12 heteroatoms. The van der Waals surface area contributed by atoms with Gasteiger partial charge in [-0.1, -0.05) is 61.2 Å². The van der Waals surface area contributed by atoms with Crippen LogP contribution in [0.25, 0.3) is 23.0 Å². The minimum Gasteiger partial charge on any atom is -0.481 e. The molecule has 41 heavy (non-hydrogen) atoms. The van der Waals surface area contributed by atoms with Crippen molar-refractivity contribution >= 4 is 56.3 Å². The van der Waals surface area contributed by atoms with Gasteiger partial charge in [-0.3, -0.25) is 14.5 Å². The van der Waals surface area contributed by atoms with Crippen LogP contribution >= 0.6 is 24.0 Å². The normalized spacial score (nSPS) is 18.0. The van der Waals surface area contributed by atoms with Crippen LogP contribution in [0, 0.1) is 5.92 Å². The first-order valence-electron chi connectivity index (χ1n) is 13.4. The molecule has 0 bridgehead atoms. The Morgan fingerprint density at radius 2 is 1.88 bits per heavy atom. The highest BCUT2D eigenvalue weighted by Crippen LogP contribution is 2.36. The molecule has 0 spiro atoms. The standard InChI is InChI=1S/C29H30N4O5S3/c1-20-12-15-31(16-13-20)41(37,38)24-10-5-7-21(17-24)27-22(19-33(30-27)23-8-3-2-4-9-23)18-25-28(36)32(29(39)40-25)14-6-11-26(34)35/h2-5,7-10,17-20H,6,11-16H2,1H3,(H,34,35)/b25-18-. The number of carboxylic acids is 1. The third-order valence-electron chi connectivity index (χ3n) is 7.18. The molecule has 0 radical (unpaired) electrons. The number of nitrogens with zero attached hydrogens (tertiary/aromatic N) is 4. The Bertz CT molecular complexity index is 1610. The smallest absolute Gasteiger partial charge is 0.303 e. The summed E-state index contributed by atoms with van der Waals surface area (Å²) in [6.07, 6.45) is 5.42. The van der Waals surface area contributed by atoms with Crippen molar-refractivity contribution in [1.82, 2.24) is 19.0 Å². The quantitative estimate of drug-likeness (QED) is 0.265. The van der Waals surface area contributed by atoms with Crippen LogP contribution in [0.15, 0.2) is 70.6 Å². The van der Waals surface area contributed by atoms with Gasteiger partial charge in [-0.15, -0.1) is 0 Å². The fourth-order valence-corrected chi connectivity index (χ4v) is 7.65. The molecule has 2 fully saturated rings. The van der Waals surface area contributed by atoms with Gasteiger partial charge in [0.15, 0.2) is 0 Å². The topological polar surface area (TPSA) is 113 Å². The highest BCUT2D eigenvalue weighted by Gasteiger charge is 2.32. The number of carbonyl (C=O) groups excluding carboxylic acids is 1. The van der Waals surface area contributed by atoms with E-state index in [1.54, 1.807) is 39.5 Å². The Balaban J connectivity index is 1.51. The average Bonchev–Trinajstić information content (AvgIpc) is 3.50. The number of piperidine rings is 1. The van der Waals surface area contributed by atoms with Crippen LogP contribution in [0.5, 0.6) is 0 Å². The number of rotatable bonds is 9. The first-order valence-corrected chi connectivity index (χ1v) is 16.0. The van der Waals surface area contributed by atoms with Gasteiger partial charge < -0.3 is 5.11 Å². The molecule has 0 aliphatic carbocycles. The van der Waals surface area contributed by atoms with E-state index in [1.165, 1.54) is 4.90 Å².